The van der Waals surface area contributed by atoms with Gasteiger partial charge in [-0.25, -0.2) is 4.68 Å². The highest BCUT2D eigenvalue weighted by Crippen LogP contribution is 2.35. The van der Waals surface area contributed by atoms with Crippen molar-refractivity contribution >= 4 is 17.5 Å². The average Bonchev–Trinajstić information content (AvgIpc) is 3.19. The van der Waals surface area contributed by atoms with Crippen LogP contribution in [-0.2, 0) is 12.7 Å². The number of rotatable bonds is 6. The Morgan fingerprint density at radius 2 is 1.81 bits per heavy atom. The molecule has 0 aliphatic heterocycles. The summed E-state index contributed by atoms with van der Waals surface area (Å²) in [7, 11) is 4.32. The largest absolute Gasteiger partial charge is 0.493 e. The molecule has 0 N–H and O–H groups in total. The lowest BCUT2D eigenvalue weighted by molar-refractivity contribution is -0.143. The van der Waals surface area contributed by atoms with Gasteiger partial charge in [0.25, 0.3) is 5.91 Å². The topological polar surface area (TPSA) is 56.6 Å². The second-order valence-corrected chi connectivity index (χ2v) is 7.04. The summed E-state index contributed by atoms with van der Waals surface area (Å²) in [5.41, 5.74) is -1.01. The second kappa shape index (κ2) is 8.89. The van der Waals surface area contributed by atoms with Crippen molar-refractivity contribution < 1.29 is 27.4 Å². The first-order valence-corrected chi connectivity index (χ1v) is 9.41. The highest BCUT2D eigenvalue weighted by molar-refractivity contribution is 6.30. The monoisotopic (exact) mass is 453 g/mol. The number of para-hydroxylation sites is 1. The number of nitrogens with zero attached hydrogens (tertiary/aromatic N) is 3. The maximum absolute atomic E-state index is 13.9. The van der Waals surface area contributed by atoms with Crippen LogP contribution in [0.1, 0.15) is 21.6 Å². The molecule has 1 aromatic heterocycles. The number of ether oxygens (including phenoxy) is 2. The van der Waals surface area contributed by atoms with Gasteiger partial charge < -0.3 is 14.4 Å². The molecule has 0 radical (unpaired) electrons. The predicted octanol–water partition coefficient (Wildman–Crippen LogP) is 4.83. The summed E-state index contributed by atoms with van der Waals surface area (Å²) in [4.78, 5) is 14.1. The Hall–Kier alpha value is -3.20. The number of carbonyl (C=O) groups is 1. The van der Waals surface area contributed by atoms with Gasteiger partial charge in [0, 0.05) is 24.2 Å². The fourth-order valence-electron chi connectivity index (χ4n) is 3.17. The summed E-state index contributed by atoms with van der Waals surface area (Å²) in [5.74, 6) is 0.0161. The number of carbonyl (C=O) groups excluding carboxylic acids is 1. The molecule has 1 amide bonds. The Labute approximate surface area is 181 Å². The van der Waals surface area contributed by atoms with Crippen molar-refractivity contribution in [1.82, 2.24) is 14.7 Å². The van der Waals surface area contributed by atoms with Crippen molar-refractivity contribution in [1.29, 1.82) is 0 Å². The van der Waals surface area contributed by atoms with Crippen LogP contribution in [0.25, 0.3) is 5.69 Å². The van der Waals surface area contributed by atoms with Crippen molar-refractivity contribution in [2.24, 2.45) is 0 Å². The minimum atomic E-state index is -4.81. The van der Waals surface area contributed by atoms with E-state index < -0.39 is 23.3 Å². The van der Waals surface area contributed by atoms with E-state index in [0.717, 1.165) is 11.1 Å². The van der Waals surface area contributed by atoms with Crippen LogP contribution in [0.2, 0.25) is 5.02 Å². The smallest absolute Gasteiger partial charge is 0.434 e. The first-order chi connectivity index (χ1) is 14.7. The zero-order valence-corrected chi connectivity index (χ0v) is 17.7. The number of amides is 1. The third-order valence-corrected chi connectivity index (χ3v) is 4.83. The average molecular weight is 454 g/mol. The van der Waals surface area contributed by atoms with E-state index >= 15 is 0 Å². The lowest BCUT2D eigenvalue weighted by Crippen LogP contribution is -2.29. The van der Waals surface area contributed by atoms with E-state index in [1.807, 2.05) is 0 Å². The first-order valence-electron chi connectivity index (χ1n) is 9.03. The molecular weight excluding hydrogens is 435 g/mol. The second-order valence-electron chi connectivity index (χ2n) is 6.61. The Balaban J connectivity index is 1.97. The standard InChI is InChI=1S/C21H19ClF3N3O3/c1-27(12-13-5-4-6-17(30-2)18(13)31-3)20(29)16-11-26-28(19(16)21(23,24)25)15-9-7-14(22)8-10-15/h4-11H,12H2,1-3H3. The van der Waals surface area contributed by atoms with Gasteiger partial charge in [0.1, 0.15) is 0 Å². The Kier molecular flexibility index (Phi) is 6.45. The number of halogens is 4. The molecule has 2 aromatic carbocycles. The third kappa shape index (κ3) is 4.61. The van der Waals surface area contributed by atoms with E-state index in [9.17, 15) is 18.0 Å². The van der Waals surface area contributed by atoms with E-state index in [0.29, 0.717) is 26.8 Å². The zero-order chi connectivity index (χ0) is 22.8. The molecule has 0 bridgehead atoms. The number of hydrogen-bond donors (Lipinski definition) is 0. The SMILES string of the molecule is COc1cccc(CN(C)C(=O)c2cnn(-c3ccc(Cl)cc3)c2C(F)(F)F)c1OC. The first kappa shape index (κ1) is 22.5. The fraction of sp³-hybridized carbons (Fsp3) is 0.238. The van der Waals surface area contributed by atoms with Crippen LogP contribution >= 0.6 is 11.6 Å². The highest BCUT2D eigenvalue weighted by Gasteiger charge is 2.41. The molecule has 0 fully saturated rings. The highest BCUT2D eigenvalue weighted by atomic mass is 35.5. The van der Waals surface area contributed by atoms with Crippen LogP contribution < -0.4 is 9.47 Å². The van der Waals surface area contributed by atoms with Gasteiger partial charge in [-0.1, -0.05) is 23.7 Å². The molecule has 0 aliphatic carbocycles. The fourth-order valence-corrected chi connectivity index (χ4v) is 3.29. The molecule has 3 aromatic rings. The van der Waals surface area contributed by atoms with Crippen molar-refractivity contribution in [3.05, 3.63) is 70.5 Å². The minimum absolute atomic E-state index is 0.00261. The van der Waals surface area contributed by atoms with Gasteiger partial charge in [-0.2, -0.15) is 18.3 Å². The third-order valence-electron chi connectivity index (χ3n) is 4.58. The number of benzene rings is 2. The molecule has 1 heterocycles. The summed E-state index contributed by atoms with van der Waals surface area (Å²) in [6.07, 6.45) is -3.89. The van der Waals surface area contributed by atoms with E-state index in [4.69, 9.17) is 21.1 Å². The Morgan fingerprint density at radius 1 is 1.13 bits per heavy atom. The van der Waals surface area contributed by atoms with Crippen LogP contribution in [0.3, 0.4) is 0 Å². The summed E-state index contributed by atoms with van der Waals surface area (Å²) in [6, 6.07) is 10.8. The molecule has 0 atom stereocenters. The number of methoxy groups -OCH3 is 2. The molecule has 0 unspecified atom stereocenters. The van der Waals surface area contributed by atoms with Crippen molar-refractivity contribution in [2.45, 2.75) is 12.7 Å². The summed E-state index contributed by atoms with van der Waals surface area (Å²) >= 11 is 5.82. The summed E-state index contributed by atoms with van der Waals surface area (Å²) in [5, 5.41) is 4.18. The lowest BCUT2D eigenvalue weighted by Gasteiger charge is -2.20. The minimum Gasteiger partial charge on any atom is -0.493 e. The maximum Gasteiger partial charge on any atom is 0.434 e. The molecule has 6 nitrogen and oxygen atoms in total. The molecule has 0 saturated carbocycles. The quantitative estimate of drug-likeness (QED) is 0.536. The van der Waals surface area contributed by atoms with Crippen molar-refractivity contribution in [3.63, 3.8) is 0 Å². The molecule has 0 aliphatic rings. The number of hydrogen-bond acceptors (Lipinski definition) is 4. The molecule has 10 heteroatoms. The molecule has 3 rings (SSSR count). The van der Waals surface area contributed by atoms with Gasteiger partial charge in [-0.15, -0.1) is 0 Å². The zero-order valence-electron chi connectivity index (χ0n) is 16.9. The summed E-state index contributed by atoms with van der Waals surface area (Å²) < 4.78 is 52.9. The summed E-state index contributed by atoms with van der Waals surface area (Å²) in [6.45, 7) is 0.00261. The predicted molar refractivity (Wildman–Crippen MR) is 109 cm³/mol. The van der Waals surface area contributed by atoms with Gasteiger partial charge in [0.2, 0.25) is 0 Å². The van der Waals surface area contributed by atoms with Crippen LogP contribution in [0.4, 0.5) is 13.2 Å². The number of aromatic nitrogens is 2. The van der Waals surface area contributed by atoms with Gasteiger partial charge in [0.05, 0.1) is 31.7 Å². The molecule has 0 saturated heterocycles. The molecule has 31 heavy (non-hydrogen) atoms. The Bertz CT molecular complexity index is 1080. The van der Waals surface area contributed by atoms with Gasteiger partial charge in [0.15, 0.2) is 17.2 Å². The molecule has 164 valence electrons. The molecular formula is C21H19ClF3N3O3. The van der Waals surface area contributed by atoms with Gasteiger partial charge in [-0.3, -0.25) is 4.79 Å². The van der Waals surface area contributed by atoms with Crippen LogP contribution in [0.5, 0.6) is 11.5 Å². The molecule has 0 spiro atoms. The van der Waals surface area contributed by atoms with E-state index in [-0.39, 0.29) is 12.2 Å². The van der Waals surface area contributed by atoms with Crippen LogP contribution in [-0.4, -0.2) is 41.9 Å². The van der Waals surface area contributed by atoms with Crippen molar-refractivity contribution in [3.8, 4) is 17.2 Å². The van der Waals surface area contributed by atoms with E-state index in [1.54, 1.807) is 18.2 Å². The van der Waals surface area contributed by atoms with Gasteiger partial charge >= 0.3 is 6.18 Å². The maximum atomic E-state index is 13.9. The normalized spacial score (nSPS) is 11.3. The lowest BCUT2D eigenvalue weighted by atomic mass is 10.1. The Morgan fingerprint density at radius 3 is 2.39 bits per heavy atom. The van der Waals surface area contributed by atoms with Gasteiger partial charge in [-0.05, 0) is 30.3 Å². The number of alkyl halides is 3. The van der Waals surface area contributed by atoms with E-state index in [2.05, 4.69) is 5.10 Å². The van der Waals surface area contributed by atoms with Crippen molar-refractivity contribution in [2.75, 3.05) is 21.3 Å². The van der Waals surface area contributed by atoms with E-state index in [1.165, 1.54) is 45.5 Å². The van der Waals surface area contributed by atoms with Crippen LogP contribution in [0.15, 0.2) is 48.7 Å². The van der Waals surface area contributed by atoms with Crippen LogP contribution in [0, 0.1) is 0 Å².